The Hall–Kier alpha value is -3.73. The second kappa shape index (κ2) is 7.39. The van der Waals surface area contributed by atoms with Gasteiger partial charge in [0.25, 0.3) is 11.8 Å². The summed E-state index contributed by atoms with van der Waals surface area (Å²) in [6.45, 7) is 2.21. The van der Waals surface area contributed by atoms with Crippen molar-refractivity contribution >= 4 is 23.6 Å². The number of anilines is 2. The fraction of sp³-hybridized carbons (Fsp3) is 0.304. The highest BCUT2D eigenvalue weighted by Crippen LogP contribution is 2.48. The van der Waals surface area contributed by atoms with Crippen LogP contribution in [0.4, 0.5) is 24.5 Å². The van der Waals surface area contributed by atoms with Crippen molar-refractivity contribution < 1.29 is 27.2 Å². The summed E-state index contributed by atoms with van der Waals surface area (Å²) in [6.07, 6.45) is 2.71. The average Bonchev–Trinajstić information content (AvgIpc) is 3.54. The minimum absolute atomic E-state index is 0.0203. The Kier molecular flexibility index (Phi) is 4.53. The first-order valence-corrected chi connectivity index (χ1v) is 10.7. The van der Waals surface area contributed by atoms with Crippen molar-refractivity contribution in [2.75, 3.05) is 16.4 Å². The molecular weight excluding hydrogens is 451 g/mol. The van der Waals surface area contributed by atoms with Crippen LogP contribution in [0.25, 0.3) is 11.4 Å². The Morgan fingerprint density at radius 1 is 1.15 bits per heavy atom. The Balaban J connectivity index is 1.42. The molecule has 0 spiro atoms. The SMILES string of the molecule is CC1(N2C(=O)C3C(c4nc(-c5ccc(F)cc5F)no4)N=CN3c3cccc(F)c32)CCCO1. The number of ether oxygens (including phenoxy) is 1. The maximum absolute atomic E-state index is 15.0. The Morgan fingerprint density at radius 2 is 2.00 bits per heavy atom. The molecular formula is C23H18F3N5O3. The van der Waals surface area contributed by atoms with Gasteiger partial charge in [-0.1, -0.05) is 11.2 Å². The first kappa shape index (κ1) is 20.8. The summed E-state index contributed by atoms with van der Waals surface area (Å²) in [4.78, 5) is 25.4. The van der Waals surface area contributed by atoms with E-state index in [-0.39, 0.29) is 23.0 Å². The predicted octanol–water partition coefficient (Wildman–Crippen LogP) is 3.99. The first-order valence-electron chi connectivity index (χ1n) is 10.7. The molecule has 3 unspecified atom stereocenters. The zero-order chi connectivity index (χ0) is 23.6. The van der Waals surface area contributed by atoms with E-state index >= 15 is 4.39 Å². The second-order valence-corrected chi connectivity index (χ2v) is 8.55. The molecule has 174 valence electrons. The van der Waals surface area contributed by atoms with Crippen molar-refractivity contribution in [3.63, 3.8) is 0 Å². The van der Waals surface area contributed by atoms with E-state index in [9.17, 15) is 13.6 Å². The lowest BCUT2D eigenvalue weighted by molar-refractivity contribution is -0.125. The van der Waals surface area contributed by atoms with E-state index in [1.54, 1.807) is 24.0 Å². The molecule has 6 rings (SSSR count). The molecule has 0 N–H and O–H groups in total. The lowest BCUT2D eigenvalue weighted by atomic mass is 9.97. The number of aromatic nitrogens is 2. The van der Waals surface area contributed by atoms with Gasteiger partial charge in [0.05, 0.1) is 17.6 Å². The molecule has 1 amide bonds. The van der Waals surface area contributed by atoms with Gasteiger partial charge < -0.3 is 14.2 Å². The van der Waals surface area contributed by atoms with Crippen LogP contribution in [-0.4, -0.2) is 40.8 Å². The highest BCUT2D eigenvalue weighted by atomic mass is 19.1. The van der Waals surface area contributed by atoms with Crippen LogP contribution in [-0.2, 0) is 9.53 Å². The van der Waals surface area contributed by atoms with Gasteiger partial charge in [-0.3, -0.25) is 14.7 Å². The number of aliphatic imine (C=N–C) groups is 1. The fourth-order valence-corrected chi connectivity index (χ4v) is 4.84. The number of rotatable bonds is 3. The van der Waals surface area contributed by atoms with E-state index in [2.05, 4.69) is 15.1 Å². The largest absolute Gasteiger partial charge is 0.355 e. The Morgan fingerprint density at radius 3 is 2.76 bits per heavy atom. The number of carbonyl (C=O) groups excluding carboxylic acids is 1. The molecule has 3 aliphatic heterocycles. The van der Waals surface area contributed by atoms with Crippen LogP contribution in [0.15, 0.2) is 45.9 Å². The molecule has 3 atom stereocenters. The molecule has 0 aliphatic carbocycles. The number of benzene rings is 2. The monoisotopic (exact) mass is 469 g/mol. The quantitative estimate of drug-likeness (QED) is 0.577. The summed E-state index contributed by atoms with van der Waals surface area (Å²) in [6, 6.07) is 5.71. The molecule has 3 aromatic rings. The third-order valence-corrected chi connectivity index (χ3v) is 6.43. The van der Waals surface area contributed by atoms with Crippen LogP contribution in [0.1, 0.15) is 31.7 Å². The second-order valence-electron chi connectivity index (χ2n) is 8.55. The standard InChI is InChI=1S/C23H18F3N5O3/c1-23(8-3-9-33-23)31-18-14(25)4-2-5-16(18)30-11-27-17(19(30)22(31)32)21-28-20(29-34-21)13-7-6-12(24)10-15(13)26/h2,4-7,10-11,17,19H,3,8-9H2,1H3. The highest BCUT2D eigenvalue weighted by Gasteiger charge is 2.54. The number of hydrogen-bond acceptors (Lipinski definition) is 7. The smallest absolute Gasteiger partial charge is 0.255 e. The molecule has 34 heavy (non-hydrogen) atoms. The van der Waals surface area contributed by atoms with Gasteiger partial charge in [-0.25, -0.2) is 13.2 Å². The summed E-state index contributed by atoms with van der Waals surface area (Å²) in [7, 11) is 0. The van der Waals surface area contributed by atoms with Crippen molar-refractivity contribution in [1.82, 2.24) is 10.1 Å². The van der Waals surface area contributed by atoms with Crippen LogP contribution in [0.5, 0.6) is 0 Å². The average molecular weight is 469 g/mol. The normalized spacial score (nSPS) is 25.7. The van der Waals surface area contributed by atoms with Crippen molar-refractivity contribution in [2.45, 2.75) is 37.6 Å². The number of fused-ring (bicyclic) bond motifs is 3. The van der Waals surface area contributed by atoms with Crippen molar-refractivity contribution in [2.24, 2.45) is 4.99 Å². The zero-order valence-electron chi connectivity index (χ0n) is 17.9. The van der Waals surface area contributed by atoms with Gasteiger partial charge in [0, 0.05) is 12.7 Å². The van der Waals surface area contributed by atoms with E-state index in [0.29, 0.717) is 18.7 Å². The maximum atomic E-state index is 15.0. The maximum Gasteiger partial charge on any atom is 0.255 e. The third-order valence-electron chi connectivity index (χ3n) is 6.43. The Bertz CT molecular complexity index is 1340. The first-order chi connectivity index (χ1) is 16.4. The van der Waals surface area contributed by atoms with Gasteiger partial charge in [-0.05, 0) is 44.0 Å². The van der Waals surface area contributed by atoms with Crippen LogP contribution < -0.4 is 9.80 Å². The van der Waals surface area contributed by atoms with Gasteiger partial charge in [0.1, 0.15) is 34.9 Å². The van der Waals surface area contributed by atoms with Crippen LogP contribution in [0.3, 0.4) is 0 Å². The van der Waals surface area contributed by atoms with Crippen LogP contribution >= 0.6 is 0 Å². The molecule has 8 nitrogen and oxygen atoms in total. The number of hydrogen-bond donors (Lipinski definition) is 0. The Labute approximate surface area is 191 Å². The van der Waals surface area contributed by atoms with E-state index in [0.717, 1.165) is 18.6 Å². The number of para-hydroxylation sites is 1. The van der Waals surface area contributed by atoms with E-state index in [1.807, 2.05) is 0 Å². The number of amides is 1. The summed E-state index contributed by atoms with van der Waals surface area (Å²) in [5.41, 5.74) is -0.493. The third kappa shape index (κ3) is 2.96. The van der Waals surface area contributed by atoms with Gasteiger partial charge in [0.15, 0.2) is 6.04 Å². The summed E-state index contributed by atoms with van der Waals surface area (Å²) < 4.78 is 53.8. The van der Waals surface area contributed by atoms with Crippen LogP contribution in [0.2, 0.25) is 0 Å². The molecule has 4 heterocycles. The molecule has 3 aliphatic rings. The summed E-state index contributed by atoms with van der Waals surface area (Å²) >= 11 is 0. The van der Waals surface area contributed by atoms with Crippen molar-refractivity contribution in [3.8, 4) is 11.4 Å². The number of carbonyl (C=O) groups is 1. The molecule has 11 heteroatoms. The lowest BCUT2D eigenvalue weighted by Gasteiger charge is -2.45. The fourth-order valence-electron chi connectivity index (χ4n) is 4.84. The molecule has 0 radical (unpaired) electrons. The van der Waals surface area contributed by atoms with E-state index in [1.165, 1.54) is 23.4 Å². The molecule has 0 saturated carbocycles. The lowest BCUT2D eigenvalue weighted by Crippen LogP contribution is -2.60. The van der Waals surface area contributed by atoms with Crippen molar-refractivity contribution in [3.05, 3.63) is 59.7 Å². The van der Waals surface area contributed by atoms with Gasteiger partial charge in [0.2, 0.25) is 5.82 Å². The minimum atomic E-state index is -1.02. The topological polar surface area (TPSA) is 84.1 Å². The summed E-state index contributed by atoms with van der Waals surface area (Å²) in [5, 5.41) is 3.80. The highest BCUT2D eigenvalue weighted by molar-refractivity contribution is 6.12. The van der Waals surface area contributed by atoms with E-state index in [4.69, 9.17) is 9.26 Å². The van der Waals surface area contributed by atoms with Gasteiger partial charge in [-0.2, -0.15) is 4.98 Å². The van der Waals surface area contributed by atoms with Crippen LogP contribution in [0, 0.1) is 17.5 Å². The number of nitrogens with zero attached hydrogens (tertiary/aromatic N) is 5. The zero-order valence-corrected chi connectivity index (χ0v) is 17.9. The van der Waals surface area contributed by atoms with E-state index < -0.39 is 41.2 Å². The van der Waals surface area contributed by atoms with Crippen molar-refractivity contribution in [1.29, 1.82) is 0 Å². The minimum Gasteiger partial charge on any atom is -0.355 e. The number of halogens is 3. The predicted molar refractivity (Wildman–Crippen MR) is 115 cm³/mol. The molecule has 1 fully saturated rings. The van der Waals surface area contributed by atoms with Gasteiger partial charge in [-0.15, -0.1) is 0 Å². The van der Waals surface area contributed by atoms with Gasteiger partial charge >= 0.3 is 0 Å². The molecule has 0 bridgehead atoms. The molecule has 1 aromatic heterocycles. The molecule has 2 aromatic carbocycles. The molecule has 1 saturated heterocycles. The summed E-state index contributed by atoms with van der Waals surface area (Å²) in [5.74, 6) is -2.68.